The van der Waals surface area contributed by atoms with E-state index in [1.54, 1.807) is 11.3 Å². The van der Waals surface area contributed by atoms with Gasteiger partial charge >= 0.3 is 0 Å². The van der Waals surface area contributed by atoms with Gasteiger partial charge in [0.05, 0.1) is 16.1 Å². The first-order chi connectivity index (χ1) is 5.79. The molecule has 1 aromatic carbocycles. The first-order valence-corrected chi connectivity index (χ1v) is 5.07. The lowest BCUT2D eigenvalue weighted by Crippen LogP contribution is -1.72. The molecular formula is C9H8ClNS. The van der Waals surface area contributed by atoms with Crippen LogP contribution >= 0.6 is 22.9 Å². The fourth-order valence-electron chi connectivity index (χ4n) is 1.14. The van der Waals surface area contributed by atoms with Gasteiger partial charge in [-0.25, -0.2) is 4.98 Å². The molecule has 0 amide bonds. The number of rotatable bonds is 1. The number of nitrogens with zero attached hydrogens (tertiary/aromatic N) is 1. The molecule has 1 aromatic heterocycles. The van der Waals surface area contributed by atoms with E-state index >= 15 is 0 Å². The molecule has 0 aliphatic carbocycles. The van der Waals surface area contributed by atoms with E-state index in [2.05, 4.69) is 24.0 Å². The van der Waals surface area contributed by atoms with Crippen LogP contribution in [0.2, 0.25) is 0 Å². The number of thiazole rings is 1. The summed E-state index contributed by atoms with van der Waals surface area (Å²) in [6, 6.07) is 6.25. The number of hydrogen-bond acceptors (Lipinski definition) is 2. The number of benzene rings is 1. The molecule has 0 fully saturated rings. The van der Waals surface area contributed by atoms with E-state index in [0.717, 1.165) is 10.5 Å². The molecule has 2 aromatic rings. The molecule has 2 rings (SSSR count). The summed E-state index contributed by atoms with van der Waals surface area (Å²) in [6.07, 6.45) is 0. The van der Waals surface area contributed by atoms with Gasteiger partial charge in [-0.05, 0) is 24.6 Å². The van der Waals surface area contributed by atoms with Crippen molar-refractivity contribution < 1.29 is 0 Å². The lowest BCUT2D eigenvalue weighted by atomic mass is 10.2. The van der Waals surface area contributed by atoms with Crippen LogP contribution in [-0.4, -0.2) is 4.98 Å². The predicted molar refractivity (Wildman–Crippen MR) is 53.9 cm³/mol. The van der Waals surface area contributed by atoms with E-state index < -0.39 is 0 Å². The van der Waals surface area contributed by atoms with Crippen LogP contribution in [0.5, 0.6) is 0 Å². The lowest BCUT2D eigenvalue weighted by Gasteiger charge is -1.88. The van der Waals surface area contributed by atoms with E-state index in [4.69, 9.17) is 11.6 Å². The largest absolute Gasteiger partial charge is 0.240 e. The van der Waals surface area contributed by atoms with Crippen molar-refractivity contribution in [3.05, 3.63) is 28.8 Å². The Labute approximate surface area is 80.0 Å². The average molecular weight is 198 g/mol. The molecule has 0 aliphatic rings. The molecule has 0 bridgehead atoms. The Morgan fingerprint density at radius 3 is 3.08 bits per heavy atom. The van der Waals surface area contributed by atoms with Gasteiger partial charge in [-0.3, -0.25) is 0 Å². The number of aryl methyl sites for hydroxylation is 1. The van der Waals surface area contributed by atoms with Crippen LogP contribution in [0, 0.1) is 6.92 Å². The zero-order valence-corrected chi connectivity index (χ0v) is 8.25. The van der Waals surface area contributed by atoms with Crippen LogP contribution in [0.1, 0.15) is 10.6 Å². The quantitative estimate of drug-likeness (QED) is 0.639. The van der Waals surface area contributed by atoms with Gasteiger partial charge in [0.25, 0.3) is 0 Å². The van der Waals surface area contributed by atoms with E-state index in [1.807, 2.05) is 6.07 Å². The third-order valence-corrected chi connectivity index (χ3v) is 3.13. The van der Waals surface area contributed by atoms with Gasteiger partial charge in [0, 0.05) is 0 Å². The van der Waals surface area contributed by atoms with Crippen LogP contribution in [0.15, 0.2) is 18.2 Å². The van der Waals surface area contributed by atoms with Crippen LogP contribution in [0.3, 0.4) is 0 Å². The molecule has 1 heterocycles. The Morgan fingerprint density at radius 1 is 1.50 bits per heavy atom. The summed E-state index contributed by atoms with van der Waals surface area (Å²) in [4.78, 5) is 4.36. The zero-order chi connectivity index (χ0) is 8.55. The van der Waals surface area contributed by atoms with Gasteiger partial charge in [-0.2, -0.15) is 0 Å². The highest BCUT2D eigenvalue weighted by Crippen LogP contribution is 2.23. The van der Waals surface area contributed by atoms with E-state index in [0.29, 0.717) is 5.88 Å². The first kappa shape index (κ1) is 8.02. The van der Waals surface area contributed by atoms with E-state index in [9.17, 15) is 0 Å². The highest BCUT2D eigenvalue weighted by atomic mass is 35.5. The fraction of sp³-hybridized carbons (Fsp3) is 0.222. The molecule has 12 heavy (non-hydrogen) atoms. The van der Waals surface area contributed by atoms with Crippen molar-refractivity contribution in [1.29, 1.82) is 0 Å². The molecular weight excluding hydrogens is 190 g/mol. The van der Waals surface area contributed by atoms with Crippen LogP contribution in [0.4, 0.5) is 0 Å². The maximum absolute atomic E-state index is 5.69. The third-order valence-electron chi connectivity index (χ3n) is 1.70. The second-order valence-electron chi connectivity index (χ2n) is 2.71. The minimum absolute atomic E-state index is 0.512. The number of halogens is 1. The zero-order valence-electron chi connectivity index (χ0n) is 6.67. The van der Waals surface area contributed by atoms with Gasteiger partial charge in [-0.1, -0.05) is 6.07 Å². The number of alkyl halides is 1. The number of aromatic nitrogens is 1. The van der Waals surface area contributed by atoms with Crippen molar-refractivity contribution in [3.8, 4) is 0 Å². The summed E-state index contributed by atoms with van der Waals surface area (Å²) in [5.41, 5.74) is 2.33. The maximum Gasteiger partial charge on any atom is 0.109 e. The Morgan fingerprint density at radius 2 is 2.33 bits per heavy atom. The fourth-order valence-corrected chi connectivity index (χ4v) is 2.28. The molecule has 0 radical (unpaired) electrons. The molecule has 0 saturated carbocycles. The molecule has 1 nitrogen and oxygen atoms in total. The third kappa shape index (κ3) is 1.32. The topological polar surface area (TPSA) is 12.9 Å². The van der Waals surface area contributed by atoms with Gasteiger partial charge in [0.1, 0.15) is 5.01 Å². The molecule has 0 atom stereocenters. The highest BCUT2D eigenvalue weighted by molar-refractivity contribution is 7.18. The SMILES string of the molecule is Cc1ccc2nc(CCl)sc2c1. The molecule has 3 heteroatoms. The Balaban J connectivity index is 2.67. The molecule has 0 spiro atoms. The van der Waals surface area contributed by atoms with E-state index in [-0.39, 0.29) is 0 Å². The summed E-state index contributed by atoms with van der Waals surface area (Å²) >= 11 is 7.35. The normalized spacial score (nSPS) is 10.8. The van der Waals surface area contributed by atoms with Crippen molar-refractivity contribution in [2.24, 2.45) is 0 Å². The molecule has 0 saturated heterocycles. The summed E-state index contributed by atoms with van der Waals surface area (Å²) < 4.78 is 1.23. The Kier molecular flexibility index (Phi) is 2.03. The number of fused-ring (bicyclic) bond motifs is 1. The van der Waals surface area contributed by atoms with Gasteiger partial charge in [0.15, 0.2) is 0 Å². The molecule has 0 aliphatic heterocycles. The first-order valence-electron chi connectivity index (χ1n) is 3.71. The van der Waals surface area contributed by atoms with Gasteiger partial charge in [0.2, 0.25) is 0 Å². The summed E-state index contributed by atoms with van der Waals surface area (Å²) in [5.74, 6) is 0.512. The van der Waals surface area contributed by atoms with Crippen LogP contribution in [-0.2, 0) is 5.88 Å². The van der Waals surface area contributed by atoms with Crippen LogP contribution < -0.4 is 0 Å². The molecule has 62 valence electrons. The number of hydrogen-bond donors (Lipinski definition) is 0. The second-order valence-corrected chi connectivity index (χ2v) is 4.09. The Bertz CT molecular complexity index is 408. The minimum Gasteiger partial charge on any atom is -0.240 e. The van der Waals surface area contributed by atoms with Gasteiger partial charge in [-0.15, -0.1) is 22.9 Å². The van der Waals surface area contributed by atoms with Gasteiger partial charge < -0.3 is 0 Å². The van der Waals surface area contributed by atoms with Crippen molar-refractivity contribution in [3.63, 3.8) is 0 Å². The lowest BCUT2D eigenvalue weighted by molar-refractivity contribution is 1.30. The smallest absolute Gasteiger partial charge is 0.109 e. The Hall–Kier alpha value is -0.600. The summed E-state index contributed by atoms with van der Waals surface area (Å²) in [6.45, 7) is 2.08. The predicted octanol–water partition coefficient (Wildman–Crippen LogP) is 3.34. The maximum atomic E-state index is 5.69. The van der Waals surface area contributed by atoms with Crippen molar-refractivity contribution in [2.75, 3.05) is 0 Å². The van der Waals surface area contributed by atoms with Crippen molar-refractivity contribution in [2.45, 2.75) is 12.8 Å². The van der Waals surface area contributed by atoms with Crippen molar-refractivity contribution in [1.82, 2.24) is 4.98 Å². The minimum atomic E-state index is 0.512. The molecule has 0 N–H and O–H groups in total. The van der Waals surface area contributed by atoms with Crippen LogP contribution in [0.25, 0.3) is 10.2 Å². The van der Waals surface area contributed by atoms with E-state index in [1.165, 1.54) is 10.3 Å². The monoisotopic (exact) mass is 197 g/mol. The summed E-state index contributed by atoms with van der Waals surface area (Å²) in [5, 5.41) is 0.997. The standard InChI is InChI=1S/C9H8ClNS/c1-6-2-3-7-8(4-6)12-9(5-10)11-7/h2-4H,5H2,1H3. The average Bonchev–Trinajstić information content (AvgIpc) is 2.46. The second kappa shape index (κ2) is 3.04. The van der Waals surface area contributed by atoms with Crippen molar-refractivity contribution >= 4 is 33.2 Å². The highest BCUT2D eigenvalue weighted by Gasteiger charge is 2.01. The summed E-state index contributed by atoms with van der Waals surface area (Å²) in [7, 11) is 0. The molecule has 0 unspecified atom stereocenters.